The summed E-state index contributed by atoms with van der Waals surface area (Å²) in [5, 5.41) is 13.4. The zero-order valence-electron chi connectivity index (χ0n) is 18.2. The van der Waals surface area contributed by atoms with E-state index in [9.17, 15) is 19.7 Å². The van der Waals surface area contributed by atoms with Crippen molar-refractivity contribution in [3.05, 3.63) is 105 Å². The number of non-ortho nitro benzene ring substituents is 1. The maximum absolute atomic E-state index is 12.9. The van der Waals surface area contributed by atoms with Crippen LogP contribution >= 0.6 is 24.0 Å². The maximum atomic E-state index is 12.9. The molecular formula is C25H19N3O5S2. The molecule has 1 aliphatic heterocycles. The lowest BCUT2D eigenvalue weighted by molar-refractivity contribution is -0.384. The summed E-state index contributed by atoms with van der Waals surface area (Å²) >= 11 is 6.43. The van der Waals surface area contributed by atoms with Crippen LogP contribution in [-0.4, -0.2) is 32.5 Å². The molecule has 0 unspecified atom stereocenters. The predicted molar refractivity (Wildman–Crippen MR) is 139 cm³/mol. The van der Waals surface area contributed by atoms with Gasteiger partial charge in [-0.05, 0) is 41.5 Å². The molecule has 3 aromatic carbocycles. The lowest BCUT2D eigenvalue weighted by Gasteiger charge is -2.14. The first kappa shape index (κ1) is 24.1. The SMILES string of the molecule is O=C(CN1C(=O)/C(=C/c2cccc(OCc3ccccc3)c2)SC1=S)Nc1ccc([N+](=O)[O-])cc1. The number of benzene rings is 3. The van der Waals surface area contributed by atoms with Crippen LogP contribution in [0.1, 0.15) is 11.1 Å². The summed E-state index contributed by atoms with van der Waals surface area (Å²) in [7, 11) is 0. The molecule has 0 aliphatic carbocycles. The van der Waals surface area contributed by atoms with Crippen LogP contribution in [-0.2, 0) is 16.2 Å². The highest BCUT2D eigenvalue weighted by Gasteiger charge is 2.33. The minimum Gasteiger partial charge on any atom is -0.489 e. The van der Waals surface area contributed by atoms with E-state index in [0.717, 1.165) is 22.9 Å². The average Bonchev–Trinajstić information content (AvgIpc) is 3.11. The second kappa shape index (κ2) is 10.9. The number of carbonyl (C=O) groups is 2. The highest BCUT2D eigenvalue weighted by molar-refractivity contribution is 8.26. The first-order valence-electron chi connectivity index (χ1n) is 10.5. The fraction of sp³-hybridized carbons (Fsp3) is 0.0800. The molecule has 8 nitrogen and oxygen atoms in total. The molecule has 0 aromatic heterocycles. The van der Waals surface area contributed by atoms with Crippen molar-refractivity contribution in [2.45, 2.75) is 6.61 Å². The van der Waals surface area contributed by atoms with Gasteiger partial charge in [-0.1, -0.05) is 66.4 Å². The number of amides is 2. The van der Waals surface area contributed by atoms with Crippen molar-refractivity contribution in [2.75, 3.05) is 11.9 Å². The van der Waals surface area contributed by atoms with E-state index in [4.69, 9.17) is 17.0 Å². The van der Waals surface area contributed by atoms with Crippen LogP contribution in [0.5, 0.6) is 5.75 Å². The van der Waals surface area contributed by atoms with Gasteiger partial charge in [0.15, 0.2) is 0 Å². The summed E-state index contributed by atoms with van der Waals surface area (Å²) in [4.78, 5) is 37.2. The highest BCUT2D eigenvalue weighted by Crippen LogP contribution is 2.33. The van der Waals surface area contributed by atoms with Crippen LogP contribution in [0.15, 0.2) is 83.8 Å². The molecule has 176 valence electrons. The standard InChI is InChI=1S/C25H19N3O5S2/c29-23(26-19-9-11-20(12-10-19)28(31)32)15-27-24(30)22(35-25(27)34)14-18-7-4-8-21(13-18)33-16-17-5-2-1-3-6-17/h1-14H,15-16H2,(H,26,29)/b22-14-. The highest BCUT2D eigenvalue weighted by atomic mass is 32.2. The molecule has 1 fully saturated rings. The molecule has 0 atom stereocenters. The summed E-state index contributed by atoms with van der Waals surface area (Å²) in [6.45, 7) is 0.162. The molecular weight excluding hydrogens is 486 g/mol. The Bertz CT molecular complexity index is 1310. The number of nitro benzene ring substituents is 1. The third-order valence-corrected chi connectivity index (χ3v) is 6.32. The molecule has 1 heterocycles. The Morgan fingerprint density at radius 3 is 2.54 bits per heavy atom. The van der Waals surface area contributed by atoms with Gasteiger partial charge < -0.3 is 10.1 Å². The van der Waals surface area contributed by atoms with Crippen molar-refractivity contribution in [3.63, 3.8) is 0 Å². The normalized spacial score (nSPS) is 14.3. The van der Waals surface area contributed by atoms with Crippen molar-refractivity contribution < 1.29 is 19.2 Å². The van der Waals surface area contributed by atoms with Gasteiger partial charge in [0.1, 0.15) is 23.2 Å². The van der Waals surface area contributed by atoms with E-state index in [1.807, 2.05) is 54.6 Å². The van der Waals surface area contributed by atoms with Gasteiger partial charge in [-0.2, -0.15) is 0 Å². The van der Waals surface area contributed by atoms with Gasteiger partial charge in [-0.3, -0.25) is 24.6 Å². The Balaban J connectivity index is 1.38. The van der Waals surface area contributed by atoms with E-state index in [0.29, 0.717) is 22.9 Å². The van der Waals surface area contributed by atoms with Crippen LogP contribution in [0.4, 0.5) is 11.4 Å². The van der Waals surface area contributed by atoms with Gasteiger partial charge >= 0.3 is 0 Å². The van der Waals surface area contributed by atoms with Crippen molar-refractivity contribution in [1.82, 2.24) is 4.90 Å². The van der Waals surface area contributed by atoms with E-state index in [1.54, 1.807) is 6.08 Å². The largest absolute Gasteiger partial charge is 0.489 e. The van der Waals surface area contributed by atoms with Crippen LogP contribution < -0.4 is 10.1 Å². The lowest BCUT2D eigenvalue weighted by Crippen LogP contribution is -2.36. The zero-order valence-corrected chi connectivity index (χ0v) is 19.9. The van der Waals surface area contributed by atoms with Crippen LogP contribution in [0, 0.1) is 10.1 Å². The lowest BCUT2D eigenvalue weighted by atomic mass is 10.2. The van der Waals surface area contributed by atoms with Crippen molar-refractivity contribution in [2.24, 2.45) is 0 Å². The third kappa shape index (κ3) is 6.31. The fourth-order valence-electron chi connectivity index (χ4n) is 3.23. The summed E-state index contributed by atoms with van der Waals surface area (Å²) < 4.78 is 6.12. The molecule has 1 aliphatic rings. The molecule has 3 aromatic rings. The van der Waals surface area contributed by atoms with Crippen molar-refractivity contribution in [1.29, 1.82) is 0 Å². The van der Waals surface area contributed by atoms with Gasteiger partial charge in [-0.15, -0.1) is 0 Å². The number of hydrogen-bond donors (Lipinski definition) is 1. The van der Waals surface area contributed by atoms with Gasteiger partial charge in [0.2, 0.25) is 5.91 Å². The zero-order chi connectivity index (χ0) is 24.8. The van der Waals surface area contributed by atoms with Gasteiger partial charge in [0.05, 0.1) is 9.83 Å². The fourth-order valence-corrected chi connectivity index (χ4v) is 4.49. The Labute approximate surface area is 210 Å². The summed E-state index contributed by atoms with van der Waals surface area (Å²) in [6.07, 6.45) is 1.71. The Morgan fingerprint density at radius 1 is 1.09 bits per heavy atom. The molecule has 1 N–H and O–H groups in total. The van der Waals surface area contributed by atoms with Gasteiger partial charge in [0.25, 0.3) is 11.6 Å². The number of nitrogens with one attached hydrogen (secondary N) is 1. The number of nitrogens with zero attached hydrogens (tertiary/aromatic N) is 2. The number of rotatable bonds is 8. The molecule has 4 rings (SSSR count). The number of anilines is 1. The second-order valence-electron chi connectivity index (χ2n) is 7.47. The van der Waals surface area contributed by atoms with Gasteiger partial charge in [-0.25, -0.2) is 0 Å². The smallest absolute Gasteiger partial charge is 0.269 e. The van der Waals surface area contributed by atoms with E-state index in [-0.39, 0.29) is 22.5 Å². The van der Waals surface area contributed by atoms with Crippen molar-refractivity contribution in [3.8, 4) is 5.75 Å². The Hall–Kier alpha value is -4.02. The number of thioether (sulfide) groups is 1. The first-order chi connectivity index (χ1) is 16.9. The maximum Gasteiger partial charge on any atom is 0.269 e. The predicted octanol–water partition coefficient (Wildman–Crippen LogP) is 5.01. The topological polar surface area (TPSA) is 102 Å². The number of nitro groups is 1. The Morgan fingerprint density at radius 2 is 1.83 bits per heavy atom. The summed E-state index contributed by atoms with van der Waals surface area (Å²) in [5.41, 5.74) is 2.12. The third-order valence-electron chi connectivity index (χ3n) is 4.94. The van der Waals surface area contributed by atoms with Gasteiger partial charge in [0, 0.05) is 17.8 Å². The number of thiocarbonyl (C=S) groups is 1. The summed E-state index contributed by atoms with van der Waals surface area (Å²) in [6, 6.07) is 22.6. The van der Waals surface area contributed by atoms with E-state index >= 15 is 0 Å². The molecule has 35 heavy (non-hydrogen) atoms. The molecule has 0 spiro atoms. The molecule has 0 radical (unpaired) electrons. The van der Waals surface area contributed by atoms with E-state index < -0.39 is 10.8 Å². The molecule has 10 heteroatoms. The minimum atomic E-state index is -0.525. The van der Waals surface area contributed by atoms with E-state index in [2.05, 4.69) is 5.32 Å². The van der Waals surface area contributed by atoms with Crippen LogP contribution in [0.3, 0.4) is 0 Å². The number of ether oxygens (including phenoxy) is 1. The quantitative estimate of drug-likeness (QED) is 0.199. The van der Waals surface area contributed by atoms with E-state index in [1.165, 1.54) is 29.2 Å². The molecule has 2 amide bonds. The molecule has 1 saturated heterocycles. The average molecular weight is 506 g/mol. The minimum absolute atomic E-state index is 0.0837. The molecule has 0 saturated carbocycles. The monoisotopic (exact) mass is 505 g/mol. The summed E-state index contributed by atoms with van der Waals surface area (Å²) in [5.74, 6) is -0.164. The molecule has 0 bridgehead atoms. The number of carbonyl (C=O) groups excluding carboxylic acids is 2. The number of hydrogen-bond acceptors (Lipinski definition) is 7. The first-order valence-corrected chi connectivity index (χ1v) is 11.7. The second-order valence-corrected chi connectivity index (χ2v) is 9.14. The Kier molecular flexibility index (Phi) is 7.54. The van der Waals surface area contributed by atoms with Crippen molar-refractivity contribution >= 4 is 57.6 Å². The van der Waals surface area contributed by atoms with Crippen LogP contribution in [0.25, 0.3) is 6.08 Å². The van der Waals surface area contributed by atoms with Crippen LogP contribution in [0.2, 0.25) is 0 Å².